The normalized spacial score (nSPS) is 18.4. The van der Waals surface area contributed by atoms with Gasteiger partial charge < -0.3 is 5.11 Å². The summed E-state index contributed by atoms with van der Waals surface area (Å²) in [7, 11) is -3.79. The molecule has 1 fully saturated rings. The summed E-state index contributed by atoms with van der Waals surface area (Å²) in [5.41, 5.74) is 0. The van der Waals surface area contributed by atoms with Gasteiger partial charge in [0.05, 0.1) is 0 Å². The van der Waals surface area contributed by atoms with Crippen molar-refractivity contribution < 1.29 is 18.3 Å². The molecule has 1 aromatic rings. The lowest BCUT2D eigenvalue weighted by Crippen LogP contribution is -2.50. The van der Waals surface area contributed by atoms with Crippen LogP contribution in [-0.4, -0.2) is 24.1 Å². The Bertz CT molecular complexity index is 556. The van der Waals surface area contributed by atoms with Gasteiger partial charge in [-0.1, -0.05) is 12.1 Å². The molecule has 92 valence electrons. The number of benzene rings is 1. The molecular weight excluding hydrogens is 240 g/mol. The Labute approximate surface area is 100 Å². The first-order valence-corrected chi connectivity index (χ1v) is 6.94. The topological polar surface area (TPSA) is 71.4 Å². The number of phenolic OH excluding ortho intramolecular Hbond substituents is 1. The fraction of sp³-hybridized carbons (Fsp3) is 0.417. The van der Waals surface area contributed by atoms with E-state index in [4.69, 9.17) is 0 Å². The lowest BCUT2D eigenvalue weighted by molar-refractivity contribution is -0.121. The molecule has 0 aromatic heterocycles. The number of hydrogen-bond acceptors (Lipinski definition) is 4. The van der Waals surface area contributed by atoms with Gasteiger partial charge in [0.25, 0.3) is 0 Å². The maximum absolute atomic E-state index is 12.4. The highest BCUT2D eigenvalue weighted by Gasteiger charge is 2.54. The maximum atomic E-state index is 12.4. The first-order valence-electron chi connectivity index (χ1n) is 5.45. The molecule has 0 saturated heterocycles. The number of carbonyl (C=O) groups excluding carboxylic acids is 1. The molecule has 0 bridgehead atoms. The fourth-order valence-corrected chi connectivity index (χ4v) is 4.43. The zero-order chi connectivity index (χ0) is 12.7. The fourth-order valence-electron chi connectivity index (χ4n) is 2.20. The summed E-state index contributed by atoms with van der Waals surface area (Å²) >= 11 is 0. The second-order valence-electron chi connectivity index (χ2n) is 4.38. The second kappa shape index (κ2) is 3.84. The Morgan fingerprint density at radius 3 is 2.29 bits per heavy atom. The van der Waals surface area contributed by atoms with E-state index in [1.807, 2.05) is 0 Å². The lowest BCUT2D eigenvalue weighted by Gasteiger charge is -2.38. The molecule has 0 unspecified atom stereocenters. The maximum Gasteiger partial charge on any atom is 0.194 e. The van der Waals surface area contributed by atoms with Gasteiger partial charge in [-0.3, -0.25) is 4.79 Å². The van der Waals surface area contributed by atoms with Crippen molar-refractivity contribution in [2.75, 3.05) is 0 Å². The third-order valence-electron chi connectivity index (χ3n) is 3.47. The monoisotopic (exact) mass is 254 g/mol. The van der Waals surface area contributed by atoms with Gasteiger partial charge in [-0.05, 0) is 38.3 Å². The Balaban J connectivity index is 2.58. The molecule has 1 aliphatic rings. The van der Waals surface area contributed by atoms with Crippen molar-refractivity contribution in [3.63, 3.8) is 0 Å². The van der Waals surface area contributed by atoms with Crippen LogP contribution >= 0.6 is 0 Å². The van der Waals surface area contributed by atoms with Crippen LogP contribution in [0, 0.1) is 0 Å². The van der Waals surface area contributed by atoms with E-state index in [9.17, 15) is 18.3 Å². The highest BCUT2D eigenvalue weighted by Crippen LogP contribution is 2.45. The predicted molar refractivity (Wildman–Crippen MR) is 62.6 cm³/mol. The Morgan fingerprint density at radius 2 is 1.88 bits per heavy atom. The third kappa shape index (κ3) is 1.57. The minimum atomic E-state index is -3.79. The van der Waals surface area contributed by atoms with E-state index in [-0.39, 0.29) is 16.4 Å². The van der Waals surface area contributed by atoms with Crippen molar-refractivity contribution >= 4 is 15.6 Å². The van der Waals surface area contributed by atoms with Crippen LogP contribution < -0.4 is 0 Å². The van der Waals surface area contributed by atoms with Crippen molar-refractivity contribution in [2.45, 2.75) is 35.8 Å². The van der Waals surface area contributed by atoms with Crippen molar-refractivity contribution in [3.05, 3.63) is 24.3 Å². The van der Waals surface area contributed by atoms with Crippen LogP contribution in [0.25, 0.3) is 0 Å². The molecule has 17 heavy (non-hydrogen) atoms. The van der Waals surface area contributed by atoms with Crippen LogP contribution in [0.2, 0.25) is 0 Å². The summed E-state index contributed by atoms with van der Waals surface area (Å²) in [5.74, 6) is -0.632. The average molecular weight is 254 g/mol. The molecule has 1 aliphatic carbocycles. The Hall–Kier alpha value is -1.36. The van der Waals surface area contributed by atoms with Gasteiger partial charge in [-0.25, -0.2) is 8.42 Å². The molecule has 0 radical (unpaired) electrons. The number of carbonyl (C=O) groups is 1. The van der Waals surface area contributed by atoms with E-state index in [2.05, 4.69) is 0 Å². The van der Waals surface area contributed by atoms with Crippen LogP contribution in [0.15, 0.2) is 29.2 Å². The number of phenols is 1. The largest absolute Gasteiger partial charge is 0.507 e. The van der Waals surface area contributed by atoms with Gasteiger partial charge in [0.1, 0.15) is 15.4 Å². The molecule has 0 aliphatic heterocycles. The molecule has 0 spiro atoms. The summed E-state index contributed by atoms with van der Waals surface area (Å²) < 4.78 is 23.5. The number of para-hydroxylation sites is 1. The molecule has 5 heteroatoms. The van der Waals surface area contributed by atoms with E-state index < -0.39 is 14.6 Å². The summed E-state index contributed by atoms with van der Waals surface area (Å²) in [6, 6.07) is 5.75. The average Bonchev–Trinajstić information content (AvgIpc) is 2.14. The second-order valence-corrected chi connectivity index (χ2v) is 6.60. The Kier molecular flexibility index (Phi) is 2.73. The molecule has 1 saturated carbocycles. The van der Waals surface area contributed by atoms with Crippen LogP contribution in [0.1, 0.15) is 26.2 Å². The van der Waals surface area contributed by atoms with Crippen molar-refractivity contribution in [1.29, 1.82) is 0 Å². The standard InChI is InChI=1S/C12H14O4S/c1-9(13)12(7-4-8-12)17(15,16)11-6-3-2-5-10(11)14/h2-3,5-6,14H,4,7-8H2,1H3. The van der Waals surface area contributed by atoms with E-state index in [1.165, 1.54) is 19.1 Å². The van der Waals surface area contributed by atoms with Gasteiger partial charge in [0, 0.05) is 0 Å². The van der Waals surface area contributed by atoms with Crippen molar-refractivity contribution in [3.8, 4) is 5.75 Å². The zero-order valence-corrected chi connectivity index (χ0v) is 10.3. The summed E-state index contributed by atoms with van der Waals surface area (Å²) in [6.45, 7) is 1.30. The van der Waals surface area contributed by atoms with Gasteiger partial charge in [-0.2, -0.15) is 0 Å². The molecule has 2 rings (SSSR count). The molecule has 0 amide bonds. The summed E-state index contributed by atoms with van der Waals surface area (Å²) in [6.07, 6.45) is 1.42. The zero-order valence-electron chi connectivity index (χ0n) is 9.51. The first kappa shape index (κ1) is 12.1. The predicted octanol–water partition coefficient (Wildman–Crippen LogP) is 1.68. The number of hydrogen-bond donors (Lipinski definition) is 1. The molecule has 0 heterocycles. The molecule has 1 aromatic carbocycles. The van der Waals surface area contributed by atoms with Gasteiger partial charge >= 0.3 is 0 Å². The van der Waals surface area contributed by atoms with Crippen molar-refractivity contribution in [2.24, 2.45) is 0 Å². The van der Waals surface area contributed by atoms with Gasteiger partial charge in [-0.15, -0.1) is 0 Å². The summed E-state index contributed by atoms with van der Waals surface area (Å²) in [4.78, 5) is 11.5. The number of sulfone groups is 1. The quantitative estimate of drug-likeness (QED) is 0.890. The van der Waals surface area contributed by atoms with Gasteiger partial charge in [0.15, 0.2) is 15.6 Å². The third-order valence-corrected chi connectivity index (χ3v) is 6.12. The lowest BCUT2D eigenvalue weighted by atomic mass is 9.81. The van der Waals surface area contributed by atoms with Crippen LogP contribution in [0.5, 0.6) is 5.75 Å². The molecule has 4 nitrogen and oxygen atoms in total. The first-order chi connectivity index (χ1) is 7.92. The number of rotatable bonds is 3. The number of Topliss-reactive ketones (excluding diaryl/α,β-unsaturated/α-hetero) is 1. The number of aromatic hydroxyl groups is 1. The SMILES string of the molecule is CC(=O)C1(S(=O)(=O)c2ccccc2O)CCC1. The van der Waals surface area contributed by atoms with E-state index in [0.717, 1.165) is 6.42 Å². The van der Waals surface area contributed by atoms with Crippen LogP contribution in [0.4, 0.5) is 0 Å². The smallest absolute Gasteiger partial charge is 0.194 e. The van der Waals surface area contributed by atoms with Crippen LogP contribution in [-0.2, 0) is 14.6 Å². The Morgan fingerprint density at radius 1 is 1.29 bits per heavy atom. The molecular formula is C12H14O4S. The summed E-state index contributed by atoms with van der Waals surface area (Å²) in [5, 5.41) is 9.62. The molecule has 0 atom stereocenters. The van der Waals surface area contributed by atoms with E-state index in [1.54, 1.807) is 12.1 Å². The van der Waals surface area contributed by atoms with E-state index >= 15 is 0 Å². The number of ketones is 1. The highest BCUT2D eigenvalue weighted by atomic mass is 32.2. The van der Waals surface area contributed by atoms with E-state index in [0.29, 0.717) is 12.8 Å². The minimum Gasteiger partial charge on any atom is -0.507 e. The highest BCUT2D eigenvalue weighted by molar-refractivity contribution is 7.93. The van der Waals surface area contributed by atoms with Crippen molar-refractivity contribution in [1.82, 2.24) is 0 Å². The van der Waals surface area contributed by atoms with Gasteiger partial charge in [0.2, 0.25) is 0 Å². The minimum absolute atomic E-state index is 0.144. The van der Waals surface area contributed by atoms with Crippen LogP contribution in [0.3, 0.4) is 0 Å². The molecule has 1 N–H and O–H groups in total.